The zero-order valence-corrected chi connectivity index (χ0v) is 13.0. The molecule has 2 N–H and O–H groups in total. The van der Waals surface area contributed by atoms with Gasteiger partial charge in [0.05, 0.1) is 10.4 Å². The molecule has 0 saturated carbocycles. The summed E-state index contributed by atoms with van der Waals surface area (Å²) in [6, 6.07) is 11.6. The average Bonchev–Trinajstić information content (AvgIpc) is 2.86. The predicted molar refractivity (Wildman–Crippen MR) is 85.8 cm³/mol. The van der Waals surface area contributed by atoms with E-state index in [4.69, 9.17) is 11.6 Å². The molecule has 0 spiro atoms. The number of amides is 1. The molecule has 2 aromatic rings. The number of carbonyl (C=O) groups excluding carboxylic acids is 1. The summed E-state index contributed by atoms with van der Waals surface area (Å²) >= 11 is 7.51. The topological polar surface area (TPSA) is 41.1 Å². The van der Waals surface area contributed by atoms with Crippen molar-refractivity contribution in [2.75, 3.05) is 11.9 Å². The van der Waals surface area contributed by atoms with E-state index in [1.807, 2.05) is 43.3 Å². The summed E-state index contributed by atoms with van der Waals surface area (Å²) in [6.45, 7) is 4.62. The molecule has 0 aliphatic heterocycles. The van der Waals surface area contributed by atoms with Crippen molar-refractivity contribution in [3.8, 4) is 0 Å². The third-order valence-electron chi connectivity index (χ3n) is 2.89. The molecule has 1 unspecified atom stereocenters. The van der Waals surface area contributed by atoms with Gasteiger partial charge in [0.2, 0.25) is 0 Å². The van der Waals surface area contributed by atoms with Gasteiger partial charge in [0, 0.05) is 22.7 Å². The molecule has 0 aliphatic carbocycles. The third kappa shape index (κ3) is 3.74. The van der Waals surface area contributed by atoms with Crippen LogP contribution in [0.15, 0.2) is 36.4 Å². The van der Waals surface area contributed by atoms with E-state index in [-0.39, 0.29) is 11.9 Å². The van der Waals surface area contributed by atoms with Crippen LogP contribution in [-0.2, 0) is 0 Å². The minimum Gasteiger partial charge on any atom is -0.378 e. The molecular formula is C15H17ClN2OS. The van der Waals surface area contributed by atoms with E-state index in [9.17, 15) is 4.79 Å². The summed E-state index contributed by atoms with van der Waals surface area (Å²) in [7, 11) is 0. The van der Waals surface area contributed by atoms with Gasteiger partial charge in [0.15, 0.2) is 0 Å². The molecule has 0 saturated heterocycles. The lowest BCUT2D eigenvalue weighted by Crippen LogP contribution is -2.22. The second-order valence-electron chi connectivity index (χ2n) is 4.44. The number of carbonyl (C=O) groups is 1. The maximum atomic E-state index is 11.7. The van der Waals surface area contributed by atoms with Crippen molar-refractivity contribution in [2.45, 2.75) is 19.9 Å². The van der Waals surface area contributed by atoms with E-state index in [1.165, 1.54) is 4.88 Å². The zero-order chi connectivity index (χ0) is 14.5. The molecule has 0 fully saturated rings. The Morgan fingerprint density at radius 2 is 1.95 bits per heavy atom. The quantitative estimate of drug-likeness (QED) is 0.863. The van der Waals surface area contributed by atoms with Crippen LogP contribution >= 0.6 is 22.9 Å². The van der Waals surface area contributed by atoms with E-state index < -0.39 is 0 Å². The second kappa shape index (κ2) is 6.77. The smallest absolute Gasteiger partial charge is 0.251 e. The molecule has 1 heterocycles. The van der Waals surface area contributed by atoms with E-state index in [2.05, 4.69) is 17.6 Å². The van der Waals surface area contributed by atoms with Crippen LogP contribution in [0.4, 0.5) is 5.69 Å². The van der Waals surface area contributed by atoms with Crippen LogP contribution in [0, 0.1) is 0 Å². The van der Waals surface area contributed by atoms with Gasteiger partial charge in [-0.15, -0.1) is 11.3 Å². The maximum absolute atomic E-state index is 11.7. The number of halogens is 1. The number of thiophene rings is 1. The van der Waals surface area contributed by atoms with Gasteiger partial charge in [0.25, 0.3) is 5.91 Å². The van der Waals surface area contributed by atoms with Crippen molar-refractivity contribution in [3.05, 3.63) is 51.2 Å². The average molecular weight is 309 g/mol. The Kier molecular flexibility index (Phi) is 5.04. The number of hydrogen-bond acceptors (Lipinski definition) is 3. The molecule has 5 heteroatoms. The summed E-state index contributed by atoms with van der Waals surface area (Å²) in [5, 5.41) is 6.17. The Labute approximate surface area is 128 Å². The highest BCUT2D eigenvalue weighted by molar-refractivity contribution is 7.16. The van der Waals surface area contributed by atoms with Gasteiger partial charge in [-0.25, -0.2) is 0 Å². The molecular weight excluding hydrogens is 292 g/mol. The highest BCUT2D eigenvalue weighted by Gasteiger charge is 2.09. The molecule has 106 valence electrons. The van der Waals surface area contributed by atoms with Crippen LogP contribution < -0.4 is 10.6 Å². The van der Waals surface area contributed by atoms with Gasteiger partial charge in [-0.2, -0.15) is 0 Å². The number of anilines is 1. The van der Waals surface area contributed by atoms with Gasteiger partial charge in [-0.3, -0.25) is 4.79 Å². The van der Waals surface area contributed by atoms with Crippen molar-refractivity contribution in [1.29, 1.82) is 0 Å². The Bertz CT molecular complexity index is 580. The third-order valence-corrected chi connectivity index (χ3v) is 4.30. The number of rotatable bonds is 5. The fraction of sp³-hybridized carbons (Fsp3) is 0.267. The first kappa shape index (κ1) is 14.9. The van der Waals surface area contributed by atoms with Crippen LogP contribution in [0.1, 0.15) is 35.1 Å². The van der Waals surface area contributed by atoms with E-state index in [1.54, 1.807) is 11.3 Å². The first-order valence-corrected chi connectivity index (χ1v) is 7.69. The minimum absolute atomic E-state index is 0.0443. The summed E-state index contributed by atoms with van der Waals surface area (Å²) in [5.41, 5.74) is 1.65. The fourth-order valence-corrected chi connectivity index (χ4v) is 2.93. The number of benzene rings is 1. The summed E-state index contributed by atoms with van der Waals surface area (Å²) in [6.07, 6.45) is 0. The van der Waals surface area contributed by atoms with Gasteiger partial charge < -0.3 is 10.6 Å². The summed E-state index contributed by atoms with van der Waals surface area (Å²) in [5.74, 6) is -0.0443. The molecule has 0 radical (unpaired) electrons. The van der Waals surface area contributed by atoms with Crippen molar-refractivity contribution in [1.82, 2.24) is 5.32 Å². The van der Waals surface area contributed by atoms with Crippen molar-refractivity contribution in [2.24, 2.45) is 0 Å². The summed E-state index contributed by atoms with van der Waals surface area (Å²) in [4.78, 5) is 12.8. The molecule has 1 amide bonds. The Hall–Kier alpha value is -1.52. The standard InChI is InChI=1S/C15H17ClN2OS/c1-3-17-15(19)11-4-6-12(7-5-11)18-10(2)13-8-9-14(16)20-13/h4-10,18H,3H2,1-2H3,(H,17,19). The fourth-order valence-electron chi connectivity index (χ4n) is 1.86. The van der Waals surface area contributed by atoms with Crippen LogP contribution in [-0.4, -0.2) is 12.5 Å². The molecule has 3 nitrogen and oxygen atoms in total. The lowest BCUT2D eigenvalue weighted by atomic mass is 10.1. The van der Waals surface area contributed by atoms with Crippen LogP contribution in [0.5, 0.6) is 0 Å². The summed E-state index contributed by atoms with van der Waals surface area (Å²) < 4.78 is 0.792. The molecule has 1 aromatic heterocycles. The molecule has 0 aliphatic rings. The second-order valence-corrected chi connectivity index (χ2v) is 6.19. The first-order chi connectivity index (χ1) is 9.60. The SMILES string of the molecule is CCNC(=O)c1ccc(NC(C)c2ccc(Cl)s2)cc1. The zero-order valence-electron chi connectivity index (χ0n) is 11.4. The van der Waals surface area contributed by atoms with Crippen molar-refractivity contribution in [3.63, 3.8) is 0 Å². The Morgan fingerprint density at radius 1 is 1.25 bits per heavy atom. The van der Waals surface area contributed by atoms with Crippen molar-refractivity contribution >= 4 is 34.5 Å². The van der Waals surface area contributed by atoms with E-state index in [0.29, 0.717) is 12.1 Å². The molecule has 1 aromatic carbocycles. The first-order valence-electron chi connectivity index (χ1n) is 6.50. The minimum atomic E-state index is -0.0443. The Balaban J connectivity index is 2.01. The molecule has 20 heavy (non-hydrogen) atoms. The lowest BCUT2D eigenvalue weighted by molar-refractivity contribution is 0.0956. The highest BCUT2D eigenvalue weighted by atomic mass is 35.5. The van der Waals surface area contributed by atoms with Crippen LogP contribution in [0.2, 0.25) is 4.34 Å². The lowest BCUT2D eigenvalue weighted by Gasteiger charge is -2.14. The monoisotopic (exact) mass is 308 g/mol. The highest BCUT2D eigenvalue weighted by Crippen LogP contribution is 2.28. The van der Waals surface area contributed by atoms with E-state index in [0.717, 1.165) is 10.0 Å². The van der Waals surface area contributed by atoms with Gasteiger partial charge in [-0.1, -0.05) is 11.6 Å². The largest absolute Gasteiger partial charge is 0.378 e. The van der Waals surface area contributed by atoms with Crippen molar-refractivity contribution < 1.29 is 4.79 Å². The Morgan fingerprint density at radius 3 is 2.50 bits per heavy atom. The maximum Gasteiger partial charge on any atom is 0.251 e. The number of hydrogen-bond donors (Lipinski definition) is 2. The van der Waals surface area contributed by atoms with Gasteiger partial charge in [0.1, 0.15) is 0 Å². The van der Waals surface area contributed by atoms with Crippen LogP contribution in [0.3, 0.4) is 0 Å². The van der Waals surface area contributed by atoms with Gasteiger partial charge >= 0.3 is 0 Å². The van der Waals surface area contributed by atoms with Crippen LogP contribution in [0.25, 0.3) is 0 Å². The van der Waals surface area contributed by atoms with E-state index >= 15 is 0 Å². The molecule has 1 atom stereocenters. The normalized spacial score (nSPS) is 11.9. The predicted octanol–water partition coefficient (Wildman–Crippen LogP) is 4.32. The number of nitrogens with one attached hydrogen (secondary N) is 2. The molecule has 2 rings (SSSR count). The molecule has 0 bridgehead atoms. The van der Waals surface area contributed by atoms with Gasteiger partial charge in [-0.05, 0) is 50.2 Å².